The van der Waals surface area contributed by atoms with Crippen LogP contribution in [0, 0.1) is 0 Å². The van der Waals surface area contributed by atoms with E-state index in [1.165, 1.54) is 0 Å². The molecule has 0 atom stereocenters. The molecule has 0 fully saturated rings. The summed E-state index contributed by atoms with van der Waals surface area (Å²) < 4.78 is 39.1. The van der Waals surface area contributed by atoms with E-state index in [2.05, 4.69) is 15.0 Å². The van der Waals surface area contributed by atoms with E-state index in [9.17, 15) is 18.0 Å². The van der Waals surface area contributed by atoms with Crippen LogP contribution in [0.4, 0.5) is 13.2 Å². The second kappa shape index (κ2) is 4.09. The molecule has 0 aromatic carbocycles. The summed E-state index contributed by atoms with van der Waals surface area (Å²) in [6.07, 6.45) is -0.766. The third-order valence-corrected chi connectivity index (χ3v) is 2.09. The number of rotatable bonds is 2. The zero-order valence-corrected chi connectivity index (χ0v) is 8.72. The van der Waals surface area contributed by atoms with Crippen LogP contribution in [0.15, 0.2) is 24.9 Å². The lowest BCUT2D eigenvalue weighted by molar-refractivity contribution is -0.138. The molecule has 2 rings (SSSR count). The fourth-order valence-electron chi connectivity index (χ4n) is 1.37. The van der Waals surface area contributed by atoms with Gasteiger partial charge in [-0.3, -0.25) is 9.36 Å². The number of alkyl halides is 3. The van der Waals surface area contributed by atoms with Gasteiger partial charge in [0.15, 0.2) is 5.82 Å². The Bertz CT molecular complexity index is 592. The highest BCUT2D eigenvalue weighted by atomic mass is 19.4. The minimum atomic E-state index is -4.64. The minimum absolute atomic E-state index is 0.334. The topological polar surface area (TPSA) is 86.7 Å². The van der Waals surface area contributed by atoms with Gasteiger partial charge in [-0.1, -0.05) is 0 Å². The van der Waals surface area contributed by atoms with Crippen molar-refractivity contribution in [2.24, 2.45) is 5.73 Å². The molecule has 2 aromatic heterocycles. The van der Waals surface area contributed by atoms with Gasteiger partial charge in [-0.25, -0.2) is 15.0 Å². The number of halogens is 3. The Labute approximate surface area is 98.3 Å². The van der Waals surface area contributed by atoms with Gasteiger partial charge in [-0.05, 0) is 0 Å². The summed E-state index contributed by atoms with van der Waals surface area (Å²) in [5.41, 5.74) is 3.93. The number of primary amides is 1. The number of carbonyl (C=O) groups excluding carboxylic acids is 1. The van der Waals surface area contributed by atoms with Crippen LogP contribution in [0.3, 0.4) is 0 Å². The first-order chi connectivity index (χ1) is 8.41. The van der Waals surface area contributed by atoms with Crippen molar-refractivity contribution in [3.8, 4) is 5.82 Å². The summed E-state index contributed by atoms with van der Waals surface area (Å²) in [6.45, 7) is 0. The SMILES string of the molecule is NC(=O)c1nccn1-c1ncncc1C(F)(F)F. The maximum absolute atomic E-state index is 12.7. The lowest BCUT2D eigenvalue weighted by Gasteiger charge is -2.12. The van der Waals surface area contributed by atoms with Crippen LogP contribution in [-0.4, -0.2) is 25.4 Å². The quantitative estimate of drug-likeness (QED) is 0.861. The van der Waals surface area contributed by atoms with E-state index in [1.54, 1.807) is 0 Å². The average Bonchev–Trinajstić information content (AvgIpc) is 2.76. The number of nitrogens with two attached hydrogens (primary N) is 1. The Hall–Kier alpha value is -2.45. The van der Waals surface area contributed by atoms with Crippen LogP contribution in [0.1, 0.15) is 16.2 Å². The molecule has 0 aliphatic carbocycles. The summed E-state index contributed by atoms with van der Waals surface area (Å²) >= 11 is 0. The van der Waals surface area contributed by atoms with Crippen LogP contribution in [-0.2, 0) is 6.18 Å². The van der Waals surface area contributed by atoms with E-state index < -0.39 is 23.5 Å². The van der Waals surface area contributed by atoms with E-state index in [4.69, 9.17) is 5.73 Å². The normalized spacial score (nSPS) is 11.5. The second-order valence-corrected chi connectivity index (χ2v) is 3.24. The van der Waals surface area contributed by atoms with Crippen molar-refractivity contribution in [3.63, 3.8) is 0 Å². The summed E-state index contributed by atoms with van der Waals surface area (Å²) in [5.74, 6) is -1.78. The van der Waals surface area contributed by atoms with Crippen molar-refractivity contribution < 1.29 is 18.0 Å². The van der Waals surface area contributed by atoms with E-state index >= 15 is 0 Å². The molecule has 0 bridgehead atoms. The maximum Gasteiger partial charge on any atom is 0.421 e. The molecule has 2 N–H and O–H groups in total. The molecule has 2 heterocycles. The van der Waals surface area contributed by atoms with Gasteiger partial charge in [0, 0.05) is 18.6 Å². The Morgan fingerprint density at radius 2 is 2.06 bits per heavy atom. The third kappa shape index (κ3) is 2.01. The van der Waals surface area contributed by atoms with Gasteiger partial charge < -0.3 is 5.73 Å². The zero-order valence-electron chi connectivity index (χ0n) is 8.72. The molecule has 2 aromatic rings. The van der Waals surface area contributed by atoms with Crippen molar-refractivity contribution >= 4 is 5.91 Å². The highest BCUT2D eigenvalue weighted by Crippen LogP contribution is 2.32. The first kappa shape index (κ1) is 12.0. The fourth-order valence-corrected chi connectivity index (χ4v) is 1.37. The number of imidazole rings is 1. The largest absolute Gasteiger partial charge is 0.421 e. The molecule has 18 heavy (non-hydrogen) atoms. The molecule has 0 saturated heterocycles. The molecular weight excluding hydrogens is 251 g/mol. The Morgan fingerprint density at radius 1 is 1.33 bits per heavy atom. The van der Waals surface area contributed by atoms with Gasteiger partial charge in [-0.15, -0.1) is 0 Å². The summed E-state index contributed by atoms with van der Waals surface area (Å²) in [7, 11) is 0. The molecule has 0 spiro atoms. The number of aromatic nitrogens is 4. The molecule has 0 aliphatic heterocycles. The van der Waals surface area contributed by atoms with E-state index in [0.717, 1.165) is 23.3 Å². The van der Waals surface area contributed by atoms with Crippen LogP contribution < -0.4 is 5.73 Å². The van der Waals surface area contributed by atoms with Crippen molar-refractivity contribution in [3.05, 3.63) is 36.3 Å². The molecule has 94 valence electrons. The Morgan fingerprint density at radius 3 is 2.67 bits per heavy atom. The van der Waals surface area contributed by atoms with Gasteiger partial charge in [-0.2, -0.15) is 13.2 Å². The van der Waals surface area contributed by atoms with Crippen LogP contribution in [0.25, 0.3) is 5.82 Å². The first-order valence-electron chi connectivity index (χ1n) is 4.62. The van der Waals surface area contributed by atoms with E-state index in [0.29, 0.717) is 6.20 Å². The molecular formula is C9H6F3N5O. The molecule has 0 saturated carbocycles. The average molecular weight is 257 g/mol. The number of nitrogens with zero attached hydrogens (tertiary/aromatic N) is 4. The van der Waals surface area contributed by atoms with Crippen LogP contribution >= 0.6 is 0 Å². The van der Waals surface area contributed by atoms with Gasteiger partial charge >= 0.3 is 6.18 Å². The molecule has 6 nitrogen and oxygen atoms in total. The molecule has 9 heteroatoms. The highest BCUT2D eigenvalue weighted by Gasteiger charge is 2.35. The van der Waals surface area contributed by atoms with Gasteiger partial charge in [0.25, 0.3) is 5.91 Å². The number of hydrogen-bond donors (Lipinski definition) is 1. The zero-order chi connectivity index (χ0) is 13.3. The molecule has 0 aliphatic rings. The first-order valence-corrected chi connectivity index (χ1v) is 4.62. The van der Waals surface area contributed by atoms with Gasteiger partial charge in [0.2, 0.25) is 5.82 Å². The van der Waals surface area contributed by atoms with E-state index in [-0.39, 0.29) is 5.82 Å². The monoisotopic (exact) mass is 257 g/mol. The predicted octanol–water partition coefficient (Wildman–Crippen LogP) is 0.780. The highest BCUT2D eigenvalue weighted by molar-refractivity contribution is 5.89. The molecule has 1 amide bonds. The summed E-state index contributed by atoms with van der Waals surface area (Å²) in [5, 5.41) is 0. The number of carbonyl (C=O) groups is 1. The lowest BCUT2D eigenvalue weighted by atomic mass is 10.3. The summed E-state index contributed by atoms with van der Waals surface area (Å²) in [6, 6.07) is 0. The van der Waals surface area contributed by atoms with E-state index in [1.807, 2.05) is 0 Å². The van der Waals surface area contributed by atoms with Crippen molar-refractivity contribution in [2.45, 2.75) is 6.18 Å². The number of amides is 1. The fraction of sp³-hybridized carbons (Fsp3) is 0.111. The smallest absolute Gasteiger partial charge is 0.363 e. The Balaban J connectivity index is 2.65. The summed E-state index contributed by atoms with van der Waals surface area (Å²) in [4.78, 5) is 21.4. The lowest BCUT2D eigenvalue weighted by Crippen LogP contribution is -2.20. The predicted molar refractivity (Wildman–Crippen MR) is 52.7 cm³/mol. The van der Waals surface area contributed by atoms with Crippen molar-refractivity contribution in [2.75, 3.05) is 0 Å². The van der Waals surface area contributed by atoms with Gasteiger partial charge in [0.1, 0.15) is 11.9 Å². The molecule has 0 radical (unpaired) electrons. The van der Waals surface area contributed by atoms with Crippen LogP contribution in [0.2, 0.25) is 0 Å². The molecule has 0 unspecified atom stereocenters. The van der Waals surface area contributed by atoms with Crippen LogP contribution in [0.5, 0.6) is 0 Å². The maximum atomic E-state index is 12.7. The van der Waals surface area contributed by atoms with Gasteiger partial charge in [0.05, 0.1) is 0 Å². The van der Waals surface area contributed by atoms with Crippen molar-refractivity contribution in [1.82, 2.24) is 19.5 Å². The number of hydrogen-bond acceptors (Lipinski definition) is 4. The standard InChI is InChI=1S/C9H6F3N5O/c10-9(11,12)5-3-14-4-16-7(5)17-2-1-15-8(17)6(13)18/h1-4H,(H2,13,18). The van der Waals surface area contributed by atoms with Crippen molar-refractivity contribution in [1.29, 1.82) is 0 Å². The second-order valence-electron chi connectivity index (χ2n) is 3.24. The third-order valence-electron chi connectivity index (χ3n) is 2.09. The minimum Gasteiger partial charge on any atom is -0.363 e. The Kier molecular flexibility index (Phi) is 2.73.